The number of pyridine rings is 1. The van der Waals surface area contributed by atoms with Crippen LogP contribution in [-0.2, 0) is 7.05 Å². The number of aromatic nitrogens is 1. The summed E-state index contributed by atoms with van der Waals surface area (Å²) in [6.45, 7) is 1.46. The number of halogens is 2. The fourth-order valence-electron chi connectivity index (χ4n) is 1.65. The number of anilines is 1. The van der Waals surface area contributed by atoms with Gasteiger partial charge in [0.1, 0.15) is 11.5 Å². The molecule has 0 saturated carbocycles. The van der Waals surface area contributed by atoms with Crippen LogP contribution in [-0.4, -0.2) is 10.5 Å². The summed E-state index contributed by atoms with van der Waals surface area (Å²) in [6.07, 6.45) is 1.40. The number of aryl methyl sites for hydroxylation is 2. The number of carbonyl (C=O) groups excluding carboxylic acids is 1. The first-order valence-corrected chi connectivity index (χ1v) is 5.83. The fourth-order valence-corrected chi connectivity index (χ4v) is 1.65. The Labute approximate surface area is 113 Å². The number of amides is 1. The van der Waals surface area contributed by atoms with Crippen LogP contribution in [0.25, 0.3) is 0 Å². The summed E-state index contributed by atoms with van der Waals surface area (Å²) in [6, 6.07) is 4.83. The van der Waals surface area contributed by atoms with Crippen LogP contribution >= 0.6 is 0 Å². The van der Waals surface area contributed by atoms with Crippen molar-refractivity contribution < 1.29 is 13.6 Å². The molecule has 1 N–H and O–H groups in total. The van der Waals surface area contributed by atoms with Gasteiger partial charge >= 0.3 is 0 Å². The van der Waals surface area contributed by atoms with Crippen LogP contribution in [0.3, 0.4) is 0 Å². The van der Waals surface area contributed by atoms with Crippen molar-refractivity contribution in [2.24, 2.45) is 7.05 Å². The molecule has 1 aromatic carbocycles. The Balaban J connectivity index is 2.35. The molecule has 0 unspecified atom stereocenters. The van der Waals surface area contributed by atoms with Gasteiger partial charge in [-0.3, -0.25) is 9.59 Å². The maximum absolute atomic E-state index is 13.8. The molecule has 4 nitrogen and oxygen atoms in total. The van der Waals surface area contributed by atoms with E-state index in [9.17, 15) is 18.4 Å². The molecule has 1 aromatic heterocycles. The Kier molecular flexibility index (Phi) is 3.65. The van der Waals surface area contributed by atoms with Gasteiger partial charge in [-0.2, -0.15) is 0 Å². The van der Waals surface area contributed by atoms with Crippen molar-refractivity contribution in [1.82, 2.24) is 4.57 Å². The van der Waals surface area contributed by atoms with Gasteiger partial charge in [-0.1, -0.05) is 6.07 Å². The Morgan fingerprint density at radius 2 is 1.95 bits per heavy atom. The van der Waals surface area contributed by atoms with E-state index in [1.54, 1.807) is 0 Å². The highest BCUT2D eigenvalue weighted by molar-refractivity contribution is 6.04. The lowest BCUT2D eigenvalue weighted by Crippen LogP contribution is -2.20. The van der Waals surface area contributed by atoms with Crippen LogP contribution in [0.15, 0.2) is 35.3 Å². The van der Waals surface area contributed by atoms with E-state index >= 15 is 0 Å². The molecule has 0 bridgehead atoms. The Bertz CT molecular complexity index is 738. The molecule has 0 fully saturated rings. The number of carbonyl (C=O) groups is 1. The molecule has 0 saturated heterocycles. The minimum atomic E-state index is -0.870. The van der Waals surface area contributed by atoms with E-state index in [2.05, 4.69) is 5.32 Å². The first-order chi connectivity index (χ1) is 9.40. The van der Waals surface area contributed by atoms with Crippen molar-refractivity contribution in [2.45, 2.75) is 6.92 Å². The summed E-state index contributed by atoms with van der Waals surface area (Å²) in [5.74, 6) is -2.45. The van der Waals surface area contributed by atoms with Crippen LogP contribution in [0.1, 0.15) is 15.9 Å². The molecule has 1 amide bonds. The predicted molar refractivity (Wildman–Crippen MR) is 70.7 cm³/mol. The highest BCUT2D eigenvalue weighted by atomic mass is 19.1. The summed E-state index contributed by atoms with van der Waals surface area (Å²) < 4.78 is 28.6. The molecule has 2 aromatic rings. The quantitative estimate of drug-likeness (QED) is 0.915. The molecular formula is C14H12F2N2O2. The highest BCUT2D eigenvalue weighted by Crippen LogP contribution is 2.22. The monoisotopic (exact) mass is 278 g/mol. The van der Waals surface area contributed by atoms with Gasteiger partial charge in [0, 0.05) is 24.9 Å². The van der Waals surface area contributed by atoms with Crippen molar-refractivity contribution >= 4 is 11.6 Å². The van der Waals surface area contributed by atoms with Gasteiger partial charge in [0.15, 0.2) is 5.82 Å². The van der Waals surface area contributed by atoms with Crippen molar-refractivity contribution in [2.75, 3.05) is 5.32 Å². The maximum atomic E-state index is 13.8. The standard InChI is InChI=1S/C14H12F2N2O2/c1-8-3-4-10(15)13(12(8)16)17-14(20)9-5-6-18(2)11(19)7-9/h3-7H,1-2H3,(H,17,20). The summed E-state index contributed by atoms with van der Waals surface area (Å²) in [5.41, 5.74) is -0.655. The highest BCUT2D eigenvalue weighted by Gasteiger charge is 2.15. The zero-order valence-electron chi connectivity index (χ0n) is 10.9. The Morgan fingerprint density at radius 3 is 2.60 bits per heavy atom. The molecule has 0 aliphatic heterocycles. The minimum Gasteiger partial charge on any atom is -0.319 e. The van der Waals surface area contributed by atoms with Gasteiger partial charge in [-0.15, -0.1) is 0 Å². The van der Waals surface area contributed by atoms with E-state index in [4.69, 9.17) is 0 Å². The number of nitrogens with zero attached hydrogens (tertiary/aromatic N) is 1. The second-order valence-corrected chi connectivity index (χ2v) is 4.37. The average molecular weight is 278 g/mol. The van der Waals surface area contributed by atoms with Crippen LogP contribution < -0.4 is 10.9 Å². The number of benzene rings is 1. The number of rotatable bonds is 2. The van der Waals surface area contributed by atoms with Gasteiger partial charge in [-0.05, 0) is 24.6 Å². The molecule has 2 rings (SSSR count). The van der Waals surface area contributed by atoms with E-state index < -0.39 is 23.2 Å². The lowest BCUT2D eigenvalue weighted by molar-refractivity contribution is 0.102. The van der Waals surface area contributed by atoms with Crippen LogP contribution in [0.5, 0.6) is 0 Å². The molecule has 0 spiro atoms. The smallest absolute Gasteiger partial charge is 0.256 e. The number of hydrogen-bond acceptors (Lipinski definition) is 2. The van der Waals surface area contributed by atoms with Crippen LogP contribution in [0.2, 0.25) is 0 Å². The number of hydrogen-bond donors (Lipinski definition) is 1. The van der Waals surface area contributed by atoms with Crippen molar-refractivity contribution in [3.05, 3.63) is 63.6 Å². The largest absolute Gasteiger partial charge is 0.319 e. The van der Waals surface area contributed by atoms with Gasteiger partial charge in [0.25, 0.3) is 11.5 Å². The zero-order chi connectivity index (χ0) is 14.9. The second-order valence-electron chi connectivity index (χ2n) is 4.37. The summed E-state index contributed by atoms with van der Waals surface area (Å²) in [5, 5.41) is 2.15. The Morgan fingerprint density at radius 1 is 1.25 bits per heavy atom. The van der Waals surface area contributed by atoms with Gasteiger partial charge in [0.2, 0.25) is 0 Å². The van der Waals surface area contributed by atoms with Crippen LogP contribution in [0.4, 0.5) is 14.5 Å². The molecular weight excluding hydrogens is 266 g/mol. The average Bonchev–Trinajstić information content (AvgIpc) is 2.42. The first kappa shape index (κ1) is 13.9. The normalized spacial score (nSPS) is 10.4. The van der Waals surface area contributed by atoms with Gasteiger partial charge in [-0.25, -0.2) is 8.78 Å². The third-order valence-electron chi connectivity index (χ3n) is 2.89. The summed E-state index contributed by atoms with van der Waals surface area (Å²) >= 11 is 0. The van der Waals surface area contributed by atoms with Crippen molar-refractivity contribution in [3.63, 3.8) is 0 Å². The lowest BCUT2D eigenvalue weighted by Gasteiger charge is -2.09. The predicted octanol–water partition coefficient (Wildman–Crippen LogP) is 2.22. The fraction of sp³-hybridized carbons (Fsp3) is 0.143. The summed E-state index contributed by atoms with van der Waals surface area (Å²) in [7, 11) is 1.53. The van der Waals surface area contributed by atoms with Crippen molar-refractivity contribution in [1.29, 1.82) is 0 Å². The molecule has 0 radical (unpaired) electrons. The molecule has 0 atom stereocenters. The molecule has 20 heavy (non-hydrogen) atoms. The molecule has 1 heterocycles. The van der Waals surface area contributed by atoms with E-state index in [1.165, 1.54) is 36.9 Å². The third kappa shape index (κ3) is 2.59. The second kappa shape index (κ2) is 5.24. The van der Waals surface area contributed by atoms with E-state index in [0.717, 1.165) is 12.1 Å². The summed E-state index contributed by atoms with van der Waals surface area (Å²) in [4.78, 5) is 23.3. The van der Waals surface area contributed by atoms with E-state index in [-0.39, 0.29) is 16.7 Å². The van der Waals surface area contributed by atoms with Crippen LogP contribution in [0, 0.1) is 18.6 Å². The maximum Gasteiger partial charge on any atom is 0.256 e. The molecule has 0 aliphatic rings. The first-order valence-electron chi connectivity index (χ1n) is 5.83. The van der Waals surface area contributed by atoms with Crippen molar-refractivity contribution in [3.8, 4) is 0 Å². The lowest BCUT2D eigenvalue weighted by atomic mass is 10.2. The molecule has 6 heteroatoms. The SMILES string of the molecule is Cc1ccc(F)c(NC(=O)c2ccn(C)c(=O)c2)c1F. The molecule has 0 aliphatic carbocycles. The Hall–Kier alpha value is -2.50. The number of nitrogens with one attached hydrogen (secondary N) is 1. The third-order valence-corrected chi connectivity index (χ3v) is 2.89. The zero-order valence-corrected chi connectivity index (χ0v) is 10.9. The minimum absolute atomic E-state index is 0.0356. The molecule has 104 valence electrons. The van der Waals surface area contributed by atoms with E-state index in [0.29, 0.717) is 0 Å². The van der Waals surface area contributed by atoms with Gasteiger partial charge < -0.3 is 9.88 Å². The van der Waals surface area contributed by atoms with Gasteiger partial charge in [0.05, 0.1) is 0 Å². The van der Waals surface area contributed by atoms with E-state index in [1.807, 2.05) is 0 Å². The topological polar surface area (TPSA) is 51.1 Å².